The molecule has 3 nitrogen and oxygen atoms in total. The van der Waals surface area contributed by atoms with E-state index in [-0.39, 0.29) is 0 Å². The summed E-state index contributed by atoms with van der Waals surface area (Å²) in [4.78, 5) is 2.18. The van der Waals surface area contributed by atoms with Gasteiger partial charge in [0.1, 0.15) is 0 Å². The van der Waals surface area contributed by atoms with Crippen molar-refractivity contribution in [1.82, 2.24) is 10.2 Å². The maximum atomic E-state index is 5.68. The van der Waals surface area contributed by atoms with Gasteiger partial charge in [-0.1, -0.05) is 31.2 Å². The third-order valence-electron chi connectivity index (χ3n) is 3.22. The summed E-state index contributed by atoms with van der Waals surface area (Å²) in [6.07, 6.45) is 1.09. The molecule has 0 aliphatic heterocycles. The van der Waals surface area contributed by atoms with Crippen LogP contribution in [0.1, 0.15) is 30.4 Å². The summed E-state index contributed by atoms with van der Waals surface area (Å²) in [5, 5.41) is 3.21. The molecule has 1 N–H and O–H groups in total. The number of nitrogens with one attached hydrogen (secondary N) is 1. The number of nitrogens with zero attached hydrogens (tertiary/aromatic N) is 1. The third-order valence-corrected chi connectivity index (χ3v) is 3.22. The van der Waals surface area contributed by atoms with Crippen LogP contribution in [0.5, 0.6) is 0 Å². The summed E-state index contributed by atoms with van der Waals surface area (Å²) in [5.41, 5.74) is 2.64. The van der Waals surface area contributed by atoms with E-state index >= 15 is 0 Å². The molecule has 0 bridgehead atoms. The maximum absolute atomic E-state index is 5.68. The average Bonchev–Trinajstić information content (AvgIpc) is 2.39. The van der Waals surface area contributed by atoms with E-state index in [0.29, 0.717) is 12.5 Å². The molecule has 0 amide bonds. The van der Waals surface area contributed by atoms with E-state index in [1.165, 1.54) is 11.1 Å². The summed E-state index contributed by atoms with van der Waals surface area (Å²) >= 11 is 0. The highest BCUT2D eigenvalue weighted by Gasteiger charge is 2.03. The van der Waals surface area contributed by atoms with Crippen molar-refractivity contribution in [3.63, 3.8) is 0 Å². The summed E-state index contributed by atoms with van der Waals surface area (Å²) in [6.45, 7) is 5.88. The lowest BCUT2D eigenvalue weighted by atomic mass is 10.00. The van der Waals surface area contributed by atoms with Gasteiger partial charge in [0.15, 0.2) is 0 Å². The van der Waals surface area contributed by atoms with Crippen molar-refractivity contribution in [3.8, 4) is 0 Å². The second-order valence-electron chi connectivity index (χ2n) is 5.41. The first-order valence-corrected chi connectivity index (χ1v) is 7.09. The molecule has 1 aromatic carbocycles. The van der Waals surface area contributed by atoms with Crippen molar-refractivity contribution in [1.29, 1.82) is 0 Å². The standard InChI is InChI=1S/C16H28N2O/c1-14(12-17-2)16-8-6-15(7-9-16)13-19-11-5-10-18(3)4/h6-9,14,17H,5,10-13H2,1-4H3. The molecule has 0 heterocycles. The monoisotopic (exact) mass is 264 g/mol. The van der Waals surface area contributed by atoms with E-state index in [9.17, 15) is 0 Å². The number of ether oxygens (including phenoxy) is 1. The van der Waals surface area contributed by atoms with E-state index in [1.54, 1.807) is 0 Å². The summed E-state index contributed by atoms with van der Waals surface area (Å²) in [5.74, 6) is 0.556. The predicted octanol–water partition coefficient (Wildman–Crippen LogP) is 2.48. The van der Waals surface area contributed by atoms with Crippen molar-refractivity contribution < 1.29 is 4.74 Å². The fraction of sp³-hybridized carbons (Fsp3) is 0.625. The van der Waals surface area contributed by atoms with Crippen LogP contribution in [0.4, 0.5) is 0 Å². The SMILES string of the molecule is CNCC(C)c1ccc(COCCCN(C)C)cc1. The first kappa shape index (κ1) is 16.2. The fourth-order valence-corrected chi connectivity index (χ4v) is 2.04. The number of likely N-dealkylation sites (N-methyl/N-ethyl adjacent to an activating group) is 1. The molecule has 0 radical (unpaired) electrons. The van der Waals surface area contributed by atoms with Gasteiger partial charge >= 0.3 is 0 Å². The largest absolute Gasteiger partial charge is 0.377 e. The van der Waals surface area contributed by atoms with Crippen LogP contribution in [0.15, 0.2) is 24.3 Å². The van der Waals surface area contributed by atoms with E-state index < -0.39 is 0 Å². The Bertz CT molecular complexity index is 335. The van der Waals surface area contributed by atoms with Gasteiger partial charge in [-0.3, -0.25) is 0 Å². The minimum absolute atomic E-state index is 0.556. The normalized spacial score (nSPS) is 12.9. The Balaban J connectivity index is 2.28. The molecule has 3 heteroatoms. The Morgan fingerprint density at radius 3 is 2.47 bits per heavy atom. The topological polar surface area (TPSA) is 24.5 Å². The van der Waals surface area contributed by atoms with Crippen LogP contribution in [0.2, 0.25) is 0 Å². The molecule has 0 spiro atoms. The van der Waals surface area contributed by atoms with Crippen molar-refractivity contribution in [2.24, 2.45) is 0 Å². The zero-order valence-corrected chi connectivity index (χ0v) is 12.8. The lowest BCUT2D eigenvalue weighted by Crippen LogP contribution is -2.15. The van der Waals surface area contributed by atoms with Crippen molar-refractivity contribution in [2.45, 2.75) is 25.9 Å². The second kappa shape index (κ2) is 9.08. The minimum atomic E-state index is 0.556. The van der Waals surface area contributed by atoms with Gasteiger partial charge in [-0.15, -0.1) is 0 Å². The Morgan fingerprint density at radius 2 is 1.89 bits per heavy atom. The molecule has 0 aliphatic rings. The third kappa shape index (κ3) is 6.71. The van der Waals surface area contributed by atoms with E-state index in [4.69, 9.17) is 4.74 Å². The van der Waals surface area contributed by atoms with Crippen LogP contribution < -0.4 is 5.32 Å². The van der Waals surface area contributed by atoms with Crippen LogP contribution >= 0.6 is 0 Å². The van der Waals surface area contributed by atoms with Gasteiger partial charge in [-0.05, 0) is 51.2 Å². The lowest BCUT2D eigenvalue weighted by Gasteiger charge is -2.12. The molecular weight excluding hydrogens is 236 g/mol. The summed E-state index contributed by atoms with van der Waals surface area (Å²) in [7, 11) is 6.17. The van der Waals surface area contributed by atoms with Gasteiger partial charge in [0.05, 0.1) is 6.61 Å². The summed E-state index contributed by atoms with van der Waals surface area (Å²) in [6, 6.07) is 8.77. The Kier molecular flexibility index (Phi) is 7.72. The van der Waals surface area contributed by atoms with Gasteiger partial charge in [0, 0.05) is 13.2 Å². The van der Waals surface area contributed by atoms with E-state index in [2.05, 4.69) is 55.5 Å². The van der Waals surface area contributed by atoms with Crippen molar-refractivity contribution >= 4 is 0 Å². The first-order chi connectivity index (χ1) is 9.13. The Hall–Kier alpha value is -0.900. The summed E-state index contributed by atoms with van der Waals surface area (Å²) < 4.78 is 5.68. The van der Waals surface area contributed by atoms with E-state index in [0.717, 1.165) is 26.1 Å². The van der Waals surface area contributed by atoms with Gasteiger partial charge in [0.25, 0.3) is 0 Å². The van der Waals surface area contributed by atoms with Crippen LogP contribution in [-0.2, 0) is 11.3 Å². The van der Waals surface area contributed by atoms with Gasteiger partial charge in [-0.2, -0.15) is 0 Å². The van der Waals surface area contributed by atoms with Gasteiger partial charge < -0.3 is 15.0 Å². The highest BCUT2D eigenvalue weighted by atomic mass is 16.5. The molecule has 0 saturated heterocycles. The zero-order valence-electron chi connectivity index (χ0n) is 12.8. The Morgan fingerprint density at radius 1 is 1.21 bits per heavy atom. The van der Waals surface area contributed by atoms with Gasteiger partial charge in [0.2, 0.25) is 0 Å². The number of rotatable bonds is 9. The molecule has 0 aromatic heterocycles. The molecule has 1 atom stereocenters. The fourth-order valence-electron chi connectivity index (χ4n) is 2.04. The lowest BCUT2D eigenvalue weighted by molar-refractivity contribution is 0.113. The molecule has 0 fully saturated rings. The highest BCUT2D eigenvalue weighted by molar-refractivity contribution is 5.24. The van der Waals surface area contributed by atoms with Crippen LogP contribution in [-0.4, -0.2) is 45.7 Å². The number of hydrogen-bond acceptors (Lipinski definition) is 3. The average molecular weight is 264 g/mol. The predicted molar refractivity (Wildman–Crippen MR) is 81.6 cm³/mol. The van der Waals surface area contributed by atoms with Crippen molar-refractivity contribution in [2.75, 3.05) is 40.8 Å². The molecule has 108 valence electrons. The molecule has 1 aromatic rings. The molecule has 1 rings (SSSR count). The highest BCUT2D eigenvalue weighted by Crippen LogP contribution is 2.15. The molecule has 19 heavy (non-hydrogen) atoms. The zero-order chi connectivity index (χ0) is 14.1. The minimum Gasteiger partial charge on any atom is -0.377 e. The number of hydrogen-bond donors (Lipinski definition) is 1. The molecule has 0 aliphatic carbocycles. The van der Waals surface area contributed by atoms with Crippen LogP contribution in [0.25, 0.3) is 0 Å². The quantitative estimate of drug-likeness (QED) is 0.694. The second-order valence-corrected chi connectivity index (χ2v) is 5.41. The first-order valence-electron chi connectivity index (χ1n) is 7.09. The van der Waals surface area contributed by atoms with Crippen LogP contribution in [0.3, 0.4) is 0 Å². The smallest absolute Gasteiger partial charge is 0.0716 e. The maximum Gasteiger partial charge on any atom is 0.0716 e. The van der Waals surface area contributed by atoms with E-state index in [1.807, 2.05) is 7.05 Å². The Labute approximate surface area is 118 Å². The number of benzene rings is 1. The van der Waals surface area contributed by atoms with Gasteiger partial charge in [-0.25, -0.2) is 0 Å². The van der Waals surface area contributed by atoms with Crippen molar-refractivity contribution in [3.05, 3.63) is 35.4 Å². The molecule has 1 unspecified atom stereocenters. The molecular formula is C16H28N2O. The van der Waals surface area contributed by atoms with Crippen LogP contribution in [0, 0.1) is 0 Å². The molecule has 0 saturated carbocycles.